The highest BCUT2D eigenvalue weighted by molar-refractivity contribution is 7.86. The Morgan fingerprint density at radius 2 is 2.00 bits per heavy atom. The van der Waals surface area contributed by atoms with Crippen LogP contribution in [0.25, 0.3) is 0 Å². The lowest BCUT2D eigenvalue weighted by atomic mass is 10.2. The molecule has 0 radical (unpaired) electrons. The number of rotatable bonds is 5. The van der Waals surface area contributed by atoms with Gasteiger partial charge in [0.2, 0.25) is 5.71 Å². The highest BCUT2D eigenvalue weighted by Gasteiger charge is 2.26. The maximum Gasteiger partial charge on any atom is 0.358 e. The molecule has 21 heavy (non-hydrogen) atoms. The lowest BCUT2D eigenvalue weighted by Gasteiger charge is -2.03. The van der Waals surface area contributed by atoms with E-state index in [4.69, 9.17) is 5.26 Å². The summed E-state index contributed by atoms with van der Waals surface area (Å²) in [5.74, 6) is -0.737. The molecule has 0 bridgehead atoms. The van der Waals surface area contributed by atoms with Crippen molar-refractivity contribution in [1.29, 1.82) is 5.26 Å². The van der Waals surface area contributed by atoms with E-state index in [1.165, 1.54) is 18.2 Å². The van der Waals surface area contributed by atoms with Crippen molar-refractivity contribution in [3.05, 3.63) is 29.8 Å². The number of aryl methyl sites for hydroxylation is 1. The summed E-state index contributed by atoms with van der Waals surface area (Å²) >= 11 is 0. The third-order valence-electron chi connectivity index (χ3n) is 2.77. The van der Waals surface area contributed by atoms with E-state index in [1.807, 2.05) is 6.92 Å². The van der Waals surface area contributed by atoms with Gasteiger partial charge in [-0.25, -0.2) is 0 Å². The average molecular weight is 307 g/mol. The quantitative estimate of drug-likeness (QED) is 0.641. The predicted octanol–water partition coefficient (Wildman–Crippen LogP) is 0.859. The van der Waals surface area contributed by atoms with E-state index in [2.05, 4.69) is 14.8 Å². The lowest BCUT2D eigenvalue weighted by molar-refractivity contribution is -0.114. The molecule has 7 nitrogen and oxygen atoms in total. The van der Waals surface area contributed by atoms with Gasteiger partial charge in [0, 0.05) is 6.04 Å². The molecule has 0 spiro atoms. The van der Waals surface area contributed by atoms with Crippen LogP contribution in [0, 0.1) is 18.3 Å². The second-order valence-electron chi connectivity index (χ2n) is 4.64. The summed E-state index contributed by atoms with van der Waals surface area (Å²) < 4.78 is 28.1. The van der Waals surface area contributed by atoms with Crippen LogP contribution in [0.2, 0.25) is 0 Å². The molecule has 1 aliphatic carbocycles. The first kappa shape index (κ1) is 15.0. The largest absolute Gasteiger partial charge is 0.358 e. The summed E-state index contributed by atoms with van der Waals surface area (Å²) in [5.41, 5.74) is 0.261. The van der Waals surface area contributed by atoms with Crippen LogP contribution >= 0.6 is 0 Å². The smallest absolute Gasteiger partial charge is 0.347 e. The number of nitrogens with zero attached hydrogens (tertiary/aromatic N) is 2. The van der Waals surface area contributed by atoms with Crippen LogP contribution in [-0.4, -0.2) is 26.1 Å². The SMILES string of the molecule is Cc1ccc(S(=O)(=O)O/N=C(/C#N)C(=O)NC2CC2)cc1. The monoisotopic (exact) mass is 307 g/mol. The van der Waals surface area contributed by atoms with Crippen molar-refractivity contribution in [3.63, 3.8) is 0 Å². The molecule has 8 heteroatoms. The molecule has 110 valence electrons. The highest BCUT2D eigenvalue weighted by Crippen LogP contribution is 2.18. The fraction of sp³-hybridized carbons (Fsp3) is 0.308. The maximum atomic E-state index is 11.9. The first-order chi connectivity index (χ1) is 9.92. The van der Waals surface area contributed by atoms with Gasteiger partial charge in [-0.15, -0.1) is 0 Å². The zero-order valence-corrected chi connectivity index (χ0v) is 12.1. The fourth-order valence-corrected chi connectivity index (χ4v) is 2.16. The molecule has 1 aromatic rings. The number of oxime groups is 1. The van der Waals surface area contributed by atoms with Crippen LogP contribution in [0.1, 0.15) is 18.4 Å². The molecule has 1 N–H and O–H groups in total. The van der Waals surface area contributed by atoms with E-state index < -0.39 is 21.7 Å². The summed E-state index contributed by atoms with van der Waals surface area (Å²) in [5, 5.41) is 14.5. The van der Waals surface area contributed by atoms with E-state index >= 15 is 0 Å². The van der Waals surface area contributed by atoms with Crippen LogP contribution in [0.15, 0.2) is 34.3 Å². The van der Waals surface area contributed by atoms with E-state index in [0.29, 0.717) is 0 Å². The zero-order valence-electron chi connectivity index (χ0n) is 11.2. The predicted molar refractivity (Wildman–Crippen MR) is 73.7 cm³/mol. The number of nitriles is 1. The molecule has 0 aliphatic heterocycles. The van der Waals surface area contributed by atoms with Gasteiger partial charge in [-0.3, -0.25) is 9.08 Å². The van der Waals surface area contributed by atoms with Crippen molar-refractivity contribution in [2.75, 3.05) is 0 Å². The minimum Gasteiger partial charge on any atom is -0.347 e. The van der Waals surface area contributed by atoms with Gasteiger partial charge in [0.25, 0.3) is 5.91 Å². The van der Waals surface area contributed by atoms with Gasteiger partial charge in [0.05, 0.1) is 0 Å². The van der Waals surface area contributed by atoms with Gasteiger partial charge < -0.3 is 5.32 Å². The number of carbonyl (C=O) groups excluding carboxylic acids is 1. The van der Waals surface area contributed by atoms with Gasteiger partial charge in [0.15, 0.2) is 0 Å². The van der Waals surface area contributed by atoms with Gasteiger partial charge >= 0.3 is 10.1 Å². The summed E-state index contributed by atoms with van der Waals surface area (Å²) in [6.07, 6.45) is 1.68. The van der Waals surface area contributed by atoms with Crippen molar-refractivity contribution in [2.45, 2.75) is 30.7 Å². The third-order valence-corrected chi connectivity index (χ3v) is 3.89. The molecule has 1 fully saturated rings. The molecule has 1 aliphatic rings. The van der Waals surface area contributed by atoms with Gasteiger partial charge in [-0.05, 0) is 37.1 Å². The molecule has 0 unspecified atom stereocenters. The molecule has 0 aromatic heterocycles. The first-order valence-electron chi connectivity index (χ1n) is 6.21. The number of hydrogen-bond acceptors (Lipinski definition) is 6. The standard InChI is InChI=1S/C13H13N3O4S/c1-9-2-6-11(7-3-9)21(18,19)20-16-12(8-14)13(17)15-10-4-5-10/h2-3,6-7,10H,4-5H2,1H3,(H,15,17)/b16-12-. The van der Waals surface area contributed by atoms with Crippen LogP contribution in [0.5, 0.6) is 0 Å². The normalized spacial score (nSPS) is 15.1. The number of nitrogens with one attached hydrogen (secondary N) is 1. The first-order valence-corrected chi connectivity index (χ1v) is 7.62. The number of amides is 1. The summed E-state index contributed by atoms with van der Waals surface area (Å²) in [7, 11) is -4.15. The summed E-state index contributed by atoms with van der Waals surface area (Å²) in [4.78, 5) is 11.5. The van der Waals surface area contributed by atoms with Crippen LogP contribution in [0.4, 0.5) is 0 Å². The molecule has 1 saturated carbocycles. The van der Waals surface area contributed by atoms with Gasteiger partial charge in [0.1, 0.15) is 11.0 Å². The van der Waals surface area contributed by atoms with Crippen LogP contribution in [-0.2, 0) is 19.2 Å². The Morgan fingerprint density at radius 1 is 1.38 bits per heavy atom. The average Bonchev–Trinajstić information content (AvgIpc) is 3.23. The van der Waals surface area contributed by atoms with Crippen molar-refractivity contribution in [3.8, 4) is 6.07 Å². The van der Waals surface area contributed by atoms with Crippen molar-refractivity contribution in [2.24, 2.45) is 5.16 Å². The topological polar surface area (TPSA) is 109 Å². The maximum absolute atomic E-state index is 11.9. The zero-order chi connectivity index (χ0) is 15.5. The summed E-state index contributed by atoms with van der Waals surface area (Å²) in [6, 6.07) is 7.47. The number of hydrogen-bond donors (Lipinski definition) is 1. The Hall–Kier alpha value is -2.40. The minimum atomic E-state index is -4.15. The third kappa shape index (κ3) is 4.03. The second-order valence-corrected chi connectivity index (χ2v) is 6.17. The Bertz CT molecular complexity index is 713. The van der Waals surface area contributed by atoms with Crippen LogP contribution in [0.3, 0.4) is 0 Å². The minimum absolute atomic E-state index is 0.0322. The molecule has 1 aromatic carbocycles. The Labute approximate surface area is 122 Å². The van der Waals surface area contributed by atoms with E-state index in [9.17, 15) is 13.2 Å². The Kier molecular flexibility index (Phi) is 4.23. The number of carbonyl (C=O) groups is 1. The van der Waals surface area contributed by atoms with Crippen LogP contribution < -0.4 is 5.32 Å². The second kappa shape index (κ2) is 5.93. The molecular formula is C13H13N3O4S. The van der Waals surface area contributed by atoms with Crippen molar-refractivity contribution >= 4 is 21.7 Å². The van der Waals surface area contributed by atoms with Crippen molar-refractivity contribution < 1.29 is 17.5 Å². The van der Waals surface area contributed by atoms with Gasteiger partial charge in [-0.2, -0.15) is 13.7 Å². The molecular weight excluding hydrogens is 294 g/mol. The highest BCUT2D eigenvalue weighted by atomic mass is 32.2. The van der Waals surface area contributed by atoms with E-state index in [-0.39, 0.29) is 10.9 Å². The molecule has 0 atom stereocenters. The lowest BCUT2D eigenvalue weighted by Crippen LogP contribution is -2.32. The molecule has 1 amide bonds. The molecule has 0 saturated heterocycles. The molecule has 2 rings (SSSR count). The summed E-state index contributed by atoms with van der Waals surface area (Å²) in [6.45, 7) is 1.81. The molecule has 0 heterocycles. The van der Waals surface area contributed by atoms with E-state index in [1.54, 1.807) is 12.1 Å². The number of benzene rings is 1. The van der Waals surface area contributed by atoms with Crippen molar-refractivity contribution in [1.82, 2.24) is 5.32 Å². The Balaban J connectivity index is 2.11. The fourth-order valence-electron chi connectivity index (χ4n) is 1.43. The van der Waals surface area contributed by atoms with Gasteiger partial charge in [-0.1, -0.05) is 17.7 Å². The van der Waals surface area contributed by atoms with E-state index in [0.717, 1.165) is 18.4 Å². The Morgan fingerprint density at radius 3 is 2.52 bits per heavy atom.